The number of hydrogen-bond acceptors (Lipinski definition) is 3. The molecule has 3 heteroatoms. The van der Waals surface area contributed by atoms with Crippen molar-refractivity contribution >= 4 is 11.8 Å². The molecule has 4 aromatic carbocycles. The van der Waals surface area contributed by atoms with Gasteiger partial charge < -0.3 is 4.74 Å². The largest absolute Gasteiger partial charge is 0.465 e. The Morgan fingerprint density at radius 3 is 1.72 bits per heavy atom. The van der Waals surface area contributed by atoms with Crippen LogP contribution in [0.4, 0.5) is 0 Å². The van der Waals surface area contributed by atoms with Crippen LogP contribution in [0, 0.1) is 13.8 Å². The molecule has 0 bridgehead atoms. The SMILES string of the molecule is COC(=O)c1cc(C(=O)c2ccccc2-c2ccc(C)cc2)ccc1-c1ccc(C)cc1. The van der Waals surface area contributed by atoms with Crippen LogP contribution in [-0.2, 0) is 4.74 Å². The van der Waals surface area contributed by atoms with E-state index in [4.69, 9.17) is 4.74 Å². The number of rotatable bonds is 5. The minimum atomic E-state index is -0.470. The molecule has 0 aromatic heterocycles. The first-order valence-electron chi connectivity index (χ1n) is 10.5. The molecule has 0 saturated heterocycles. The summed E-state index contributed by atoms with van der Waals surface area (Å²) in [5.74, 6) is -0.608. The van der Waals surface area contributed by atoms with E-state index in [0.29, 0.717) is 16.7 Å². The van der Waals surface area contributed by atoms with Gasteiger partial charge in [0.15, 0.2) is 5.78 Å². The number of carbonyl (C=O) groups excluding carboxylic acids is 2. The van der Waals surface area contributed by atoms with Gasteiger partial charge in [-0.15, -0.1) is 0 Å². The molecule has 0 spiro atoms. The van der Waals surface area contributed by atoms with Crippen LogP contribution in [0.1, 0.15) is 37.4 Å². The second kappa shape index (κ2) is 9.03. The molecule has 0 heterocycles. The summed E-state index contributed by atoms with van der Waals surface area (Å²) in [6, 6.07) is 28.8. The molecule has 3 nitrogen and oxygen atoms in total. The second-order valence-corrected chi connectivity index (χ2v) is 7.86. The molecule has 0 fully saturated rings. The predicted octanol–water partition coefficient (Wildman–Crippen LogP) is 6.66. The zero-order valence-electron chi connectivity index (χ0n) is 18.4. The van der Waals surface area contributed by atoms with Gasteiger partial charge in [-0.2, -0.15) is 0 Å². The van der Waals surface area contributed by atoms with Crippen molar-refractivity contribution < 1.29 is 14.3 Å². The highest BCUT2D eigenvalue weighted by molar-refractivity contribution is 6.14. The highest BCUT2D eigenvalue weighted by atomic mass is 16.5. The van der Waals surface area contributed by atoms with Crippen molar-refractivity contribution in [1.82, 2.24) is 0 Å². The van der Waals surface area contributed by atoms with Gasteiger partial charge in [0.2, 0.25) is 0 Å². The van der Waals surface area contributed by atoms with Crippen molar-refractivity contribution in [2.24, 2.45) is 0 Å². The fourth-order valence-electron chi connectivity index (χ4n) is 3.77. The maximum Gasteiger partial charge on any atom is 0.338 e. The van der Waals surface area contributed by atoms with E-state index < -0.39 is 5.97 Å². The number of hydrogen-bond donors (Lipinski definition) is 0. The standard InChI is InChI=1S/C29H24O3/c1-19-8-12-21(13-9-19)24-6-4-5-7-26(24)28(30)23-16-17-25(27(18-23)29(31)32-3)22-14-10-20(2)11-15-22/h4-18H,1-3H3. The normalized spacial score (nSPS) is 10.6. The third-order valence-electron chi connectivity index (χ3n) is 5.58. The van der Waals surface area contributed by atoms with Gasteiger partial charge in [-0.25, -0.2) is 4.79 Å². The van der Waals surface area contributed by atoms with Crippen LogP contribution >= 0.6 is 0 Å². The van der Waals surface area contributed by atoms with Crippen LogP contribution in [0.3, 0.4) is 0 Å². The quantitative estimate of drug-likeness (QED) is 0.268. The average Bonchev–Trinajstić information content (AvgIpc) is 2.84. The van der Waals surface area contributed by atoms with E-state index in [1.807, 2.05) is 92.7 Å². The summed E-state index contributed by atoms with van der Waals surface area (Å²) in [7, 11) is 1.35. The lowest BCUT2D eigenvalue weighted by Gasteiger charge is -2.13. The highest BCUT2D eigenvalue weighted by Crippen LogP contribution is 2.30. The number of esters is 1. The maximum atomic E-state index is 13.5. The Labute approximate surface area is 188 Å². The Morgan fingerprint density at radius 2 is 1.16 bits per heavy atom. The number of ether oxygens (including phenoxy) is 1. The molecule has 0 amide bonds. The van der Waals surface area contributed by atoms with E-state index in [2.05, 4.69) is 0 Å². The monoisotopic (exact) mass is 420 g/mol. The zero-order valence-corrected chi connectivity index (χ0v) is 18.4. The molecule has 0 aliphatic carbocycles. The molecule has 4 aromatic rings. The number of ketones is 1. The fraction of sp³-hybridized carbons (Fsp3) is 0.103. The minimum Gasteiger partial charge on any atom is -0.465 e. The van der Waals surface area contributed by atoms with Gasteiger partial charge in [0.05, 0.1) is 12.7 Å². The predicted molar refractivity (Wildman–Crippen MR) is 128 cm³/mol. The number of carbonyl (C=O) groups is 2. The van der Waals surface area contributed by atoms with Gasteiger partial charge in [0.25, 0.3) is 0 Å². The van der Waals surface area contributed by atoms with Crippen molar-refractivity contribution in [3.05, 3.63) is 119 Å². The molecular weight excluding hydrogens is 396 g/mol. The fourth-order valence-corrected chi connectivity index (χ4v) is 3.77. The number of methoxy groups -OCH3 is 1. The summed E-state index contributed by atoms with van der Waals surface area (Å²) in [4.78, 5) is 26.1. The van der Waals surface area contributed by atoms with Crippen molar-refractivity contribution in [1.29, 1.82) is 0 Å². The van der Waals surface area contributed by atoms with Crippen LogP contribution in [0.5, 0.6) is 0 Å². The Hall–Kier alpha value is -3.98. The lowest BCUT2D eigenvalue weighted by Crippen LogP contribution is -2.09. The van der Waals surface area contributed by atoms with Gasteiger partial charge in [-0.05, 0) is 42.2 Å². The van der Waals surface area contributed by atoms with Crippen LogP contribution < -0.4 is 0 Å². The van der Waals surface area contributed by atoms with Gasteiger partial charge in [-0.1, -0.05) is 96.1 Å². The summed E-state index contributed by atoms with van der Waals surface area (Å²) < 4.78 is 5.02. The zero-order chi connectivity index (χ0) is 22.7. The Balaban J connectivity index is 1.79. The second-order valence-electron chi connectivity index (χ2n) is 7.86. The van der Waals surface area contributed by atoms with Crippen molar-refractivity contribution in [3.63, 3.8) is 0 Å². The van der Waals surface area contributed by atoms with Crippen LogP contribution in [0.2, 0.25) is 0 Å². The highest BCUT2D eigenvalue weighted by Gasteiger charge is 2.19. The van der Waals surface area contributed by atoms with Crippen LogP contribution in [0.25, 0.3) is 22.3 Å². The van der Waals surface area contributed by atoms with E-state index in [0.717, 1.165) is 33.4 Å². The van der Waals surface area contributed by atoms with Crippen molar-refractivity contribution in [2.75, 3.05) is 7.11 Å². The first-order chi connectivity index (χ1) is 15.5. The molecule has 0 N–H and O–H groups in total. The smallest absolute Gasteiger partial charge is 0.338 e. The molecule has 0 aliphatic heterocycles. The van der Waals surface area contributed by atoms with E-state index in [-0.39, 0.29) is 5.78 Å². The summed E-state index contributed by atoms with van der Waals surface area (Å²) in [6.45, 7) is 4.04. The van der Waals surface area contributed by atoms with E-state index in [1.54, 1.807) is 12.1 Å². The minimum absolute atomic E-state index is 0.137. The molecule has 0 radical (unpaired) electrons. The summed E-state index contributed by atoms with van der Waals surface area (Å²) in [6.07, 6.45) is 0. The lowest BCUT2D eigenvalue weighted by atomic mass is 9.91. The molecular formula is C29H24O3. The summed E-state index contributed by atoms with van der Waals surface area (Å²) in [5.41, 5.74) is 7.17. The molecule has 0 unspecified atom stereocenters. The Bertz CT molecular complexity index is 1280. The van der Waals surface area contributed by atoms with Crippen LogP contribution in [-0.4, -0.2) is 18.9 Å². The topological polar surface area (TPSA) is 43.4 Å². The molecule has 32 heavy (non-hydrogen) atoms. The maximum absolute atomic E-state index is 13.5. The Kier molecular flexibility index (Phi) is 6.00. The first kappa shape index (κ1) is 21.3. The van der Waals surface area contributed by atoms with E-state index >= 15 is 0 Å². The third kappa shape index (κ3) is 4.23. The van der Waals surface area contributed by atoms with Gasteiger partial charge in [0, 0.05) is 11.1 Å². The van der Waals surface area contributed by atoms with Crippen molar-refractivity contribution in [2.45, 2.75) is 13.8 Å². The van der Waals surface area contributed by atoms with Crippen LogP contribution in [0.15, 0.2) is 91.0 Å². The average molecular weight is 421 g/mol. The first-order valence-corrected chi connectivity index (χ1v) is 10.5. The van der Waals surface area contributed by atoms with Gasteiger partial charge in [0.1, 0.15) is 0 Å². The molecule has 0 atom stereocenters. The van der Waals surface area contributed by atoms with Crippen molar-refractivity contribution in [3.8, 4) is 22.3 Å². The van der Waals surface area contributed by atoms with Gasteiger partial charge in [-0.3, -0.25) is 4.79 Å². The van der Waals surface area contributed by atoms with E-state index in [1.165, 1.54) is 7.11 Å². The lowest BCUT2D eigenvalue weighted by molar-refractivity contribution is 0.0601. The molecule has 0 aliphatic rings. The molecule has 158 valence electrons. The van der Waals surface area contributed by atoms with E-state index in [9.17, 15) is 9.59 Å². The number of benzene rings is 4. The molecule has 4 rings (SSSR count). The molecule has 0 saturated carbocycles. The summed E-state index contributed by atoms with van der Waals surface area (Å²) >= 11 is 0. The number of aryl methyl sites for hydroxylation is 2. The van der Waals surface area contributed by atoms with Gasteiger partial charge >= 0.3 is 5.97 Å². The third-order valence-corrected chi connectivity index (χ3v) is 5.58. The Morgan fingerprint density at radius 1 is 0.625 bits per heavy atom. The summed E-state index contributed by atoms with van der Waals surface area (Å²) in [5, 5.41) is 0.